The van der Waals surface area contributed by atoms with Crippen molar-refractivity contribution in [2.45, 2.75) is 19.9 Å². The van der Waals surface area contributed by atoms with E-state index in [1.54, 1.807) is 7.11 Å². The SMILES string of the molecule is COc1cc2c(cc1Br)OCC(C)(C)C2N. The van der Waals surface area contributed by atoms with Gasteiger partial charge in [0, 0.05) is 17.0 Å². The van der Waals surface area contributed by atoms with Gasteiger partial charge in [0.1, 0.15) is 11.5 Å². The number of benzene rings is 1. The lowest BCUT2D eigenvalue weighted by Gasteiger charge is -2.37. The molecule has 1 aliphatic heterocycles. The van der Waals surface area contributed by atoms with Crippen molar-refractivity contribution in [1.29, 1.82) is 0 Å². The van der Waals surface area contributed by atoms with Crippen LogP contribution in [0.1, 0.15) is 25.5 Å². The molecule has 1 atom stereocenters. The maximum atomic E-state index is 6.25. The smallest absolute Gasteiger partial charge is 0.133 e. The molecule has 0 radical (unpaired) electrons. The van der Waals surface area contributed by atoms with Crippen LogP contribution in [0.2, 0.25) is 0 Å². The monoisotopic (exact) mass is 285 g/mol. The predicted octanol–water partition coefficient (Wildman–Crippen LogP) is 2.88. The summed E-state index contributed by atoms with van der Waals surface area (Å²) in [5.74, 6) is 1.63. The highest BCUT2D eigenvalue weighted by Crippen LogP contribution is 2.44. The summed E-state index contributed by atoms with van der Waals surface area (Å²) in [4.78, 5) is 0. The van der Waals surface area contributed by atoms with Crippen molar-refractivity contribution in [3.63, 3.8) is 0 Å². The van der Waals surface area contributed by atoms with Crippen LogP contribution < -0.4 is 15.2 Å². The number of rotatable bonds is 1. The van der Waals surface area contributed by atoms with E-state index in [2.05, 4.69) is 29.8 Å². The highest BCUT2D eigenvalue weighted by Gasteiger charge is 2.35. The van der Waals surface area contributed by atoms with Crippen LogP contribution in [0.4, 0.5) is 0 Å². The van der Waals surface area contributed by atoms with Crippen molar-refractivity contribution in [2.24, 2.45) is 11.1 Å². The van der Waals surface area contributed by atoms with Gasteiger partial charge >= 0.3 is 0 Å². The highest BCUT2D eigenvalue weighted by atomic mass is 79.9. The molecule has 3 nitrogen and oxygen atoms in total. The zero-order valence-corrected chi connectivity index (χ0v) is 11.3. The number of fused-ring (bicyclic) bond motifs is 1. The molecule has 1 heterocycles. The van der Waals surface area contributed by atoms with Crippen LogP contribution >= 0.6 is 15.9 Å². The van der Waals surface area contributed by atoms with Gasteiger partial charge in [-0.05, 0) is 28.1 Å². The zero-order chi connectivity index (χ0) is 11.9. The molecule has 1 aromatic rings. The molecule has 0 bridgehead atoms. The van der Waals surface area contributed by atoms with Crippen LogP contribution in [0.5, 0.6) is 11.5 Å². The van der Waals surface area contributed by atoms with Crippen molar-refractivity contribution in [1.82, 2.24) is 0 Å². The van der Waals surface area contributed by atoms with Gasteiger partial charge in [0.15, 0.2) is 0 Å². The van der Waals surface area contributed by atoms with E-state index >= 15 is 0 Å². The Morgan fingerprint density at radius 3 is 2.81 bits per heavy atom. The molecule has 0 saturated carbocycles. The van der Waals surface area contributed by atoms with Crippen molar-refractivity contribution in [2.75, 3.05) is 13.7 Å². The predicted molar refractivity (Wildman–Crippen MR) is 66.9 cm³/mol. The van der Waals surface area contributed by atoms with E-state index in [0.29, 0.717) is 6.61 Å². The molecule has 0 aliphatic carbocycles. The van der Waals surface area contributed by atoms with Crippen LogP contribution in [0.15, 0.2) is 16.6 Å². The number of methoxy groups -OCH3 is 1. The largest absolute Gasteiger partial charge is 0.496 e. The fraction of sp³-hybridized carbons (Fsp3) is 0.500. The molecule has 4 heteroatoms. The molecule has 0 fully saturated rings. The first kappa shape index (κ1) is 11.7. The first-order valence-electron chi connectivity index (χ1n) is 5.21. The first-order chi connectivity index (χ1) is 7.45. The Morgan fingerprint density at radius 2 is 2.19 bits per heavy atom. The Bertz CT molecular complexity index is 418. The summed E-state index contributed by atoms with van der Waals surface area (Å²) in [6.45, 7) is 4.85. The Balaban J connectivity index is 2.51. The molecule has 0 aromatic heterocycles. The quantitative estimate of drug-likeness (QED) is 0.863. The number of nitrogens with two attached hydrogens (primary N) is 1. The summed E-state index contributed by atoms with van der Waals surface area (Å²) in [6, 6.07) is 3.84. The maximum absolute atomic E-state index is 6.25. The normalized spacial score (nSPS) is 22.2. The van der Waals surface area contributed by atoms with Crippen molar-refractivity contribution in [3.8, 4) is 11.5 Å². The second-order valence-corrected chi connectivity index (χ2v) is 5.63. The molecule has 0 spiro atoms. The fourth-order valence-electron chi connectivity index (χ4n) is 1.85. The van der Waals surface area contributed by atoms with E-state index in [9.17, 15) is 0 Å². The van der Waals surface area contributed by atoms with Crippen molar-refractivity contribution < 1.29 is 9.47 Å². The Morgan fingerprint density at radius 1 is 1.50 bits per heavy atom. The molecular formula is C12H16BrNO2. The van der Waals surface area contributed by atoms with Crippen LogP contribution in [-0.2, 0) is 0 Å². The molecule has 2 N–H and O–H groups in total. The number of hydrogen-bond donors (Lipinski definition) is 1. The minimum absolute atomic E-state index is 0.0294. The van der Waals surface area contributed by atoms with E-state index in [-0.39, 0.29) is 11.5 Å². The second-order valence-electron chi connectivity index (χ2n) is 4.78. The Kier molecular flexibility index (Phi) is 2.88. The molecule has 1 aliphatic rings. The molecule has 2 rings (SSSR count). The van der Waals surface area contributed by atoms with Crippen LogP contribution in [0, 0.1) is 5.41 Å². The van der Waals surface area contributed by atoms with Gasteiger partial charge in [-0.2, -0.15) is 0 Å². The van der Waals surface area contributed by atoms with Gasteiger partial charge in [0.2, 0.25) is 0 Å². The molecular weight excluding hydrogens is 270 g/mol. The number of ether oxygens (including phenoxy) is 2. The average molecular weight is 286 g/mol. The van der Waals surface area contributed by atoms with Crippen molar-refractivity contribution in [3.05, 3.63) is 22.2 Å². The van der Waals surface area contributed by atoms with Gasteiger partial charge in [0.25, 0.3) is 0 Å². The van der Waals surface area contributed by atoms with E-state index in [1.165, 1.54) is 0 Å². The summed E-state index contributed by atoms with van der Waals surface area (Å²) in [6.07, 6.45) is 0. The van der Waals surface area contributed by atoms with E-state index in [0.717, 1.165) is 21.5 Å². The van der Waals surface area contributed by atoms with Crippen LogP contribution in [-0.4, -0.2) is 13.7 Å². The third-order valence-electron chi connectivity index (χ3n) is 3.06. The zero-order valence-electron chi connectivity index (χ0n) is 9.71. The minimum Gasteiger partial charge on any atom is -0.496 e. The summed E-state index contributed by atoms with van der Waals surface area (Å²) >= 11 is 3.44. The van der Waals surface area contributed by atoms with Gasteiger partial charge in [-0.3, -0.25) is 0 Å². The number of halogens is 1. The van der Waals surface area contributed by atoms with E-state index < -0.39 is 0 Å². The second kappa shape index (κ2) is 3.93. The van der Waals surface area contributed by atoms with Crippen LogP contribution in [0.25, 0.3) is 0 Å². The first-order valence-corrected chi connectivity index (χ1v) is 6.01. The molecule has 1 aromatic carbocycles. The average Bonchev–Trinajstić information content (AvgIpc) is 2.24. The molecule has 0 amide bonds. The third-order valence-corrected chi connectivity index (χ3v) is 3.68. The lowest BCUT2D eigenvalue weighted by atomic mass is 9.79. The molecule has 1 unspecified atom stereocenters. The number of hydrogen-bond acceptors (Lipinski definition) is 3. The van der Waals surface area contributed by atoms with Gasteiger partial charge in [-0.15, -0.1) is 0 Å². The highest BCUT2D eigenvalue weighted by molar-refractivity contribution is 9.10. The van der Waals surface area contributed by atoms with E-state index in [1.807, 2.05) is 12.1 Å². The van der Waals surface area contributed by atoms with E-state index in [4.69, 9.17) is 15.2 Å². The van der Waals surface area contributed by atoms with Gasteiger partial charge < -0.3 is 15.2 Å². The lowest BCUT2D eigenvalue weighted by Crippen LogP contribution is -2.38. The molecule has 16 heavy (non-hydrogen) atoms. The summed E-state index contributed by atoms with van der Waals surface area (Å²) in [5.41, 5.74) is 7.21. The fourth-order valence-corrected chi connectivity index (χ4v) is 2.33. The van der Waals surface area contributed by atoms with Gasteiger partial charge in [-0.25, -0.2) is 0 Å². The lowest BCUT2D eigenvalue weighted by molar-refractivity contribution is 0.122. The van der Waals surface area contributed by atoms with Gasteiger partial charge in [0.05, 0.1) is 18.2 Å². The topological polar surface area (TPSA) is 44.5 Å². The molecule has 0 saturated heterocycles. The van der Waals surface area contributed by atoms with Crippen molar-refractivity contribution >= 4 is 15.9 Å². The standard InChI is InChI=1S/C12H16BrNO2/c1-12(2)6-16-9-5-8(13)10(15-3)4-7(9)11(12)14/h4-5,11H,6,14H2,1-3H3. The maximum Gasteiger partial charge on any atom is 0.133 e. The van der Waals surface area contributed by atoms with Crippen LogP contribution in [0.3, 0.4) is 0 Å². The van der Waals surface area contributed by atoms with Gasteiger partial charge in [-0.1, -0.05) is 13.8 Å². The minimum atomic E-state index is -0.0498. The Hall–Kier alpha value is -0.740. The Labute approximate surface area is 104 Å². The summed E-state index contributed by atoms with van der Waals surface area (Å²) in [5, 5.41) is 0. The summed E-state index contributed by atoms with van der Waals surface area (Å²) in [7, 11) is 1.65. The third kappa shape index (κ3) is 1.80. The molecule has 88 valence electrons. The summed E-state index contributed by atoms with van der Waals surface area (Å²) < 4.78 is 11.9.